The SMILES string of the molecule is CCCCCN(CCCCC)C(=S)S.CCCCCN(CCCCC)C(=S)S.[Zn+2]. The molecule has 0 rings (SSSR count). The molecule has 0 amide bonds. The van der Waals surface area contributed by atoms with Crippen LogP contribution in [0, 0.1) is 0 Å². The third-order valence-corrected chi connectivity index (χ3v) is 5.75. The molecule has 0 heterocycles. The molecular weight excluding hydrogens is 486 g/mol. The van der Waals surface area contributed by atoms with Gasteiger partial charge in [0.15, 0.2) is 0 Å². The first-order valence-corrected chi connectivity index (χ1v) is 13.1. The van der Waals surface area contributed by atoms with Gasteiger partial charge in [0, 0.05) is 26.2 Å². The van der Waals surface area contributed by atoms with Crippen LogP contribution in [0.1, 0.15) is 105 Å². The van der Waals surface area contributed by atoms with E-state index in [0.29, 0.717) is 0 Å². The first-order chi connectivity index (χ1) is 13.4. The zero-order valence-corrected chi connectivity index (χ0v) is 26.0. The van der Waals surface area contributed by atoms with Crippen LogP contribution >= 0.6 is 49.7 Å². The van der Waals surface area contributed by atoms with Crippen LogP contribution in [0.15, 0.2) is 0 Å². The summed E-state index contributed by atoms with van der Waals surface area (Å²) in [4.78, 5) is 4.45. The molecule has 0 spiro atoms. The zero-order valence-electron chi connectivity index (χ0n) is 19.6. The molecule has 0 aliphatic carbocycles. The van der Waals surface area contributed by atoms with Crippen molar-refractivity contribution < 1.29 is 19.5 Å². The summed E-state index contributed by atoms with van der Waals surface area (Å²) >= 11 is 18.7. The van der Waals surface area contributed by atoms with Crippen LogP contribution in [0.25, 0.3) is 0 Å². The van der Waals surface area contributed by atoms with Crippen LogP contribution in [0.4, 0.5) is 0 Å². The largest absolute Gasteiger partial charge is 2.00 e. The fraction of sp³-hybridized carbons (Fsp3) is 0.909. The summed E-state index contributed by atoms with van der Waals surface area (Å²) in [6, 6.07) is 0. The van der Waals surface area contributed by atoms with Crippen LogP contribution in [-0.4, -0.2) is 44.6 Å². The van der Waals surface area contributed by atoms with E-state index in [1.54, 1.807) is 0 Å². The number of nitrogens with zero attached hydrogens (tertiary/aromatic N) is 2. The molecule has 0 aromatic rings. The number of thiocarbonyl (C=S) groups is 2. The number of hydrogen-bond donors (Lipinski definition) is 2. The van der Waals surface area contributed by atoms with Gasteiger partial charge in [0.05, 0.1) is 0 Å². The summed E-state index contributed by atoms with van der Waals surface area (Å²) in [5.74, 6) is 0. The molecule has 168 valence electrons. The van der Waals surface area contributed by atoms with Crippen molar-refractivity contribution in [1.29, 1.82) is 0 Å². The predicted octanol–water partition coefficient (Wildman–Crippen LogP) is 7.76. The van der Waals surface area contributed by atoms with Gasteiger partial charge in [-0.25, -0.2) is 0 Å². The molecule has 0 aliphatic rings. The third-order valence-electron chi connectivity index (χ3n) is 4.67. The van der Waals surface area contributed by atoms with Gasteiger partial charge in [0.2, 0.25) is 0 Å². The maximum Gasteiger partial charge on any atom is 2.00 e. The maximum atomic E-state index is 5.11. The summed E-state index contributed by atoms with van der Waals surface area (Å²) in [6.45, 7) is 13.2. The normalized spacial score (nSPS) is 9.86. The minimum Gasteiger partial charge on any atom is -0.358 e. The van der Waals surface area contributed by atoms with Crippen molar-refractivity contribution in [1.82, 2.24) is 9.80 Å². The molecule has 0 unspecified atom stereocenters. The molecule has 0 saturated heterocycles. The van der Waals surface area contributed by atoms with Crippen LogP contribution in [-0.2, 0) is 19.5 Å². The van der Waals surface area contributed by atoms with Crippen molar-refractivity contribution in [3.63, 3.8) is 0 Å². The second-order valence-corrected chi connectivity index (χ2v) is 9.59. The summed E-state index contributed by atoms with van der Waals surface area (Å²) in [5.41, 5.74) is 0. The molecule has 0 aliphatic heterocycles. The van der Waals surface area contributed by atoms with E-state index in [9.17, 15) is 0 Å². The van der Waals surface area contributed by atoms with E-state index in [1.807, 2.05) is 0 Å². The Labute approximate surface area is 217 Å². The monoisotopic (exact) mass is 530 g/mol. The Bertz CT molecular complexity index is 317. The molecule has 0 atom stereocenters. The molecule has 0 radical (unpaired) electrons. The van der Waals surface area contributed by atoms with Crippen LogP contribution < -0.4 is 0 Å². The van der Waals surface area contributed by atoms with Gasteiger partial charge in [-0.2, -0.15) is 0 Å². The molecular formula is C22H46N2S4Zn+2. The minimum absolute atomic E-state index is 0. The number of thiol groups is 2. The molecule has 0 bridgehead atoms. The van der Waals surface area contributed by atoms with Gasteiger partial charge in [-0.15, -0.1) is 25.3 Å². The van der Waals surface area contributed by atoms with Gasteiger partial charge < -0.3 is 9.80 Å². The second kappa shape index (κ2) is 27.1. The van der Waals surface area contributed by atoms with E-state index >= 15 is 0 Å². The van der Waals surface area contributed by atoms with Crippen LogP contribution in [0.3, 0.4) is 0 Å². The van der Waals surface area contributed by atoms with Crippen LogP contribution in [0.5, 0.6) is 0 Å². The van der Waals surface area contributed by atoms with E-state index in [-0.39, 0.29) is 19.5 Å². The van der Waals surface area contributed by atoms with Crippen molar-refractivity contribution >= 4 is 58.3 Å². The smallest absolute Gasteiger partial charge is 0.358 e. The van der Waals surface area contributed by atoms with Gasteiger partial charge >= 0.3 is 19.5 Å². The number of rotatable bonds is 16. The van der Waals surface area contributed by atoms with Crippen molar-refractivity contribution in [3.05, 3.63) is 0 Å². The van der Waals surface area contributed by atoms with Crippen molar-refractivity contribution in [2.24, 2.45) is 0 Å². The summed E-state index contributed by atoms with van der Waals surface area (Å²) in [6.07, 6.45) is 15.2. The second-order valence-electron chi connectivity index (χ2n) is 7.37. The minimum atomic E-state index is 0. The Morgan fingerprint density at radius 1 is 0.517 bits per heavy atom. The maximum absolute atomic E-state index is 5.11. The van der Waals surface area contributed by atoms with E-state index in [2.05, 4.69) is 62.8 Å². The first kappa shape index (κ1) is 34.7. The fourth-order valence-corrected chi connectivity index (χ4v) is 3.58. The Hall–Kier alpha value is 1.10. The molecule has 2 nitrogen and oxygen atoms in total. The van der Waals surface area contributed by atoms with Gasteiger partial charge in [-0.1, -0.05) is 103 Å². The fourth-order valence-electron chi connectivity index (χ4n) is 2.82. The van der Waals surface area contributed by atoms with Gasteiger partial charge in [-0.3, -0.25) is 0 Å². The topological polar surface area (TPSA) is 6.48 Å². The number of hydrogen-bond acceptors (Lipinski definition) is 2. The quantitative estimate of drug-likeness (QED) is 0.0908. The Morgan fingerprint density at radius 2 is 0.724 bits per heavy atom. The molecule has 0 aromatic heterocycles. The average molecular weight is 532 g/mol. The Kier molecular flexibility index (Phi) is 32.5. The number of unbranched alkanes of at least 4 members (excludes halogenated alkanes) is 8. The molecule has 29 heavy (non-hydrogen) atoms. The summed E-state index contributed by atoms with van der Waals surface area (Å²) in [5, 5.41) is 0. The van der Waals surface area contributed by atoms with Crippen molar-refractivity contribution in [2.45, 2.75) is 105 Å². The van der Waals surface area contributed by atoms with E-state index in [4.69, 9.17) is 24.4 Å². The molecule has 0 saturated carbocycles. The van der Waals surface area contributed by atoms with E-state index in [0.717, 1.165) is 34.8 Å². The Morgan fingerprint density at radius 3 is 0.862 bits per heavy atom. The first-order valence-electron chi connectivity index (χ1n) is 11.4. The molecule has 7 heteroatoms. The average Bonchev–Trinajstić information content (AvgIpc) is 2.66. The summed E-state index contributed by atoms with van der Waals surface area (Å²) in [7, 11) is 0. The Balaban J connectivity index is -0.000000451. The van der Waals surface area contributed by atoms with Crippen molar-refractivity contribution in [3.8, 4) is 0 Å². The molecule has 0 fully saturated rings. The van der Waals surface area contributed by atoms with E-state index in [1.165, 1.54) is 77.0 Å². The van der Waals surface area contributed by atoms with Crippen molar-refractivity contribution in [2.75, 3.05) is 26.2 Å². The van der Waals surface area contributed by atoms with E-state index < -0.39 is 0 Å². The summed E-state index contributed by atoms with van der Waals surface area (Å²) < 4.78 is 1.52. The molecule has 0 aromatic carbocycles. The zero-order chi connectivity index (χ0) is 21.6. The third kappa shape index (κ3) is 25.2. The molecule has 0 N–H and O–H groups in total. The predicted molar refractivity (Wildman–Crippen MR) is 144 cm³/mol. The standard InChI is InChI=1S/2C11H23NS2.Zn/c2*1-3-5-7-9-12(11(13)14)10-8-6-4-2;/h2*3-10H2,1-2H3,(H,13,14);/q;;+2. The van der Waals surface area contributed by atoms with Gasteiger partial charge in [-0.05, 0) is 25.7 Å². The van der Waals surface area contributed by atoms with Gasteiger partial charge in [0.1, 0.15) is 8.64 Å². The van der Waals surface area contributed by atoms with Crippen LogP contribution in [0.2, 0.25) is 0 Å². The van der Waals surface area contributed by atoms with Gasteiger partial charge in [0.25, 0.3) is 0 Å².